The zero-order valence-electron chi connectivity index (χ0n) is 21.4. The molecular weight excluding hydrogens is 450 g/mol. The third-order valence-electron chi connectivity index (χ3n) is 7.26. The number of ether oxygens (including phenoxy) is 1. The van der Waals surface area contributed by atoms with Crippen LogP contribution in [0.25, 0.3) is 10.9 Å². The average Bonchev–Trinajstić information content (AvgIpc) is 3.71. The van der Waals surface area contributed by atoms with Gasteiger partial charge < -0.3 is 10.1 Å². The summed E-state index contributed by atoms with van der Waals surface area (Å²) in [5.41, 5.74) is 4.19. The van der Waals surface area contributed by atoms with Crippen LogP contribution in [0.2, 0.25) is 0 Å². The average molecular weight is 486 g/mol. The number of ketones is 1. The number of alkyl carbamates (subject to hydrolysis) is 1. The van der Waals surface area contributed by atoms with Gasteiger partial charge in [-0.3, -0.25) is 9.78 Å². The minimum Gasteiger partial charge on any atom is -0.444 e. The lowest BCUT2D eigenvalue weighted by atomic mass is 9.75. The van der Waals surface area contributed by atoms with E-state index in [4.69, 9.17) is 9.72 Å². The molecule has 0 unspecified atom stereocenters. The van der Waals surface area contributed by atoms with Crippen molar-refractivity contribution in [3.63, 3.8) is 0 Å². The van der Waals surface area contributed by atoms with Crippen molar-refractivity contribution in [3.8, 4) is 0 Å². The Kier molecular flexibility index (Phi) is 6.78. The molecule has 1 N–H and O–H groups in total. The number of amides is 1. The molecule has 0 spiro atoms. The van der Waals surface area contributed by atoms with Crippen LogP contribution in [0.3, 0.4) is 0 Å². The molecule has 188 valence electrons. The summed E-state index contributed by atoms with van der Waals surface area (Å²) in [6.45, 7) is 5.73. The van der Waals surface area contributed by atoms with Crippen LogP contribution < -0.4 is 5.32 Å². The zero-order chi connectivity index (χ0) is 25.3. The highest BCUT2D eigenvalue weighted by Crippen LogP contribution is 2.44. The number of nitrogens with one attached hydrogen (secondary N) is 1. The van der Waals surface area contributed by atoms with E-state index in [1.165, 1.54) is 10.9 Å². The Labute approximate surface area is 212 Å². The summed E-state index contributed by atoms with van der Waals surface area (Å²) in [6, 6.07) is 14.5. The van der Waals surface area contributed by atoms with Crippen LogP contribution in [0.5, 0.6) is 0 Å². The maximum absolute atomic E-state index is 13.7. The van der Waals surface area contributed by atoms with Gasteiger partial charge in [-0.1, -0.05) is 24.3 Å². The molecule has 2 aliphatic rings. The number of Topliss-reactive ketones (excluding diaryl/α,β-unsaturated/α-hetero) is 1. The lowest BCUT2D eigenvalue weighted by Crippen LogP contribution is -2.32. The first kappa shape index (κ1) is 24.4. The van der Waals surface area contributed by atoms with Crippen molar-refractivity contribution < 1.29 is 14.3 Å². The summed E-state index contributed by atoms with van der Waals surface area (Å²) in [6.07, 6.45) is 7.29. The molecule has 1 amide bonds. The first-order valence-electron chi connectivity index (χ1n) is 13.1. The lowest BCUT2D eigenvalue weighted by Gasteiger charge is -2.29. The number of pyridine rings is 2. The third-order valence-corrected chi connectivity index (χ3v) is 7.26. The molecule has 0 saturated heterocycles. The van der Waals surface area contributed by atoms with Gasteiger partial charge in [0.05, 0.1) is 17.8 Å². The first-order chi connectivity index (χ1) is 17.3. The van der Waals surface area contributed by atoms with E-state index >= 15 is 0 Å². The minimum absolute atomic E-state index is 0.00610. The largest absolute Gasteiger partial charge is 0.444 e. The Hall–Kier alpha value is -3.28. The molecule has 6 heteroatoms. The number of fused-ring (bicyclic) bond motifs is 1. The van der Waals surface area contributed by atoms with Crippen molar-refractivity contribution in [2.45, 2.75) is 83.3 Å². The number of carbonyl (C=O) groups is 2. The van der Waals surface area contributed by atoms with Crippen LogP contribution in [0.15, 0.2) is 48.7 Å². The Morgan fingerprint density at radius 2 is 1.64 bits per heavy atom. The highest BCUT2D eigenvalue weighted by atomic mass is 16.6. The van der Waals surface area contributed by atoms with Gasteiger partial charge in [-0.25, -0.2) is 9.78 Å². The zero-order valence-corrected chi connectivity index (χ0v) is 21.4. The van der Waals surface area contributed by atoms with Crippen molar-refractivity contribution in [1.29, 1.82) is 0 Å². The van der Waals surface area contributed by atoms with Gasteiger partial charge in [0.1, 0.15) is 11.3 Å². The maximum atomic E-state index is 13.7. The van der Waals surface area contributed by atoms with E-state index in [-0.39, 0.29) is 18.2 Å². The van der Waals surface area contributed by atoms with E-state index in [9.17, 15) is 9.59 Å². The molecule has 36 heavy (non-hydrogen) atoms. The second-order valence-electron chi connectivity index (χ2n) is 11.2. The molecule has 2 aromatic heterocycles. The lowest BCUT2D eigenvalue weighted by molar-refractivity contribution is 0.0523. The Morgan fingerprint density at radius 3 is 2.36 bits per heavy atom. The van der Waals surface area contributed by atoms with E-state index in [1.54, 1.807) is 0 Å². The molecule has 2 saturated carbocycles. The summed E-state index contributed by atoms with van der Waals surface area (Å²) < 4.78 is 5.33. The summed E-state index contributed by atoms with van der Waals surface area (Å²) >= 11 is 0. The predicted molar refractivity (Wildman–Crippen MR) is 140 cm³/mol. The van der Waals surface area contributed by atoms with Gasteiger partial charge in [-0.05, 0) is 100 Å². The summed E-state index contributed by atoms with van der Waals surface area (Å²) in [5.74, 6) is 1.04. The van der Waals surface area contributed by atoms with Crippen LogP contribution >= 0.6 is 0 Å². The van der Waals surface area contributed by atoms with E-state index in [1.807, 2.05) is 45.2 Å². The number of nitrogens with zero attached hydrogens (tertiary/aromatic N) is 2. The Balaban J connectivity index is 1.28. The van der Waals surface area contributed by atoms with Crippen molar-refractivity contribution in [2.24, 2.45) is 5.92 Å². The van der Waals surface area contributed by atoms with Crippen LogP contribution in [0.1, 0.15) is 98.4 Å². The molecule has 2 heterocycles. The number of benzene rings is 1. The molecule has 0 atom stereocenters. The normalized spacial score (nSPS) is 20.2. The molecular formula is C30H35N3O3. The van der Waals surface area contributed by atoms with Gasteiger partial charge in [0.2, 0.25) is 0 Å². The Morgan fingerprint density at radius 1 is 0.917 bits per heavy atom. The topological polar surface area (TPSA) is 81.2 Å². The molecule has 0 aliphatic heterocycles. The molecule has 0 radical (unpaired) electrons. The first-order valence-corrected chi connectivity index (χ1v) is 13.1. The van der Waals surface area contributed by atoms with Crippen LogP contribution in [-0.4, -0.2) is 27.4 Å². The number of aromatic nitrogens is 2. The smallest absolute Gasteiger partial charge is 0.407 e. The highest BCUT2D eigenvalue weighted by molar-refractivity contribution is 5.98. The van der Waals surface area contributed by atoms with Gasteiger partial charge in [0.15, 0.2) is 5.78 Å². The van der Waals surface area contributed by atoms with Gasteiger partial charge >= 0.3 is 6.09 Å². The van der Waals surface area contributed by atoms with Gasteiger partial charge in [-0.15, -0.1) is 0 Å². The van der Waals surface area contributed by atoms with Crippen molar-refractivity contribution in [2.75, 3.05) is 0 Å². The predicted octanol–water partition coefficient (Wildman–Crippen LogP) is 6.69. The van der Waals surface area contributed by atoms with E-state index < -0.39 is 11.7 Å². The second kappa shape index (κ2) is 10.00. The molecule has 2 fully saturated rings. The summed E-state index contributed by atoms with van der Waals surface area (Å²) in [5, 5.41) is 3.98. The molecule has 2 aliphatic carbocycles. The van der Waals surface area contributed by atoms with Crippen LogP contribution in [0, 0.1) is 5.92 Å². The number of hydrogen-bond acceptors (Lipinski definition) is 5. The van der Waals surface area contributed by atoms with Crippen molar-refractivity contribution in [3.05, 3.63) is 71.2 Å². The molecule has 3 aromatic rings. The van der Waals surface area contributed by atoms with E-state index in [2.05, 4.69) is 34.6 Å². The minimum atomic E-state index is -0.560. The van der Waals surface area contributed by atoms with Gasteiger partial charge in [0.25, 0.3) is 0 Å². The number of rotatable bonds is 6. The Bertz CT molecular complexity index is 1260. The van der Waals surface area contributed by atoms with Crippen molar-refractivity contribution in [1.82, 2.24) is 15.3 Å². The monoisotopic (exact) mass is 485 g/mol. The summed E-state index contributed by atoms with van der Waals surface area (Å²) in [7, 11) is 0. The number of carbonyl (C=O) groups excluding carboxylic acids is 2. The van der Waals surface area contributed by atoms with Crippen LogP contribution in [0.4, 0.5) is 4.79 Å². The van der Waals surface area contributed by atoms with E-state index in [0.29, 0.717) is 23.2 Å². The fourth-order valence-electron chi connectivity index (χ4n) is 5.35. The van der Waals surface area contributed by atoms with Gasteiger partial charge in [0, 0.05) is 17.5 Å². The molecule has 6 nitrogen and oxygen atoms in total. The van der Waals surface area contributed by atoms with Gasteiger partial charge in [-0.2, -0.15) is 0 Å². The fourth-order valence-corrected chi connectivity index (χ4v) is 5.35. The van der Waals surface area contributed by atoms with E-state index in [0.717, 1.165) is 49.6 Å². The molecule has 1 aromatic carbocycles. The highest BCUT2D eigenvalue weighted by Gasteiger charge is 2.34. The SMILES string of the molecule is CC(C)(C)OC(=O)NCc1ccc(C2CC2)c(C(=O)C2CCC(c3cccc4ncccc34)CC2)n1. The van der Waals surface area contributed by atoms with Crippen LogP contribution in [-0.2, 0) is 11.3 Å². The standard InChI is InChI=1S/C30H35N3O3/c1-30(2,3)36-29(35)32-18-22-15-16-24(20-9-10-20)27(33-22)28(34)21-13-11-19(12-14-21)23-6-4-8-26-25(23)7-5-17-31-26/h4-8,15-17,19-21H,9-14,18H2,1-3H3,(H,32,35). The summed E-state index contributed by atoms with van der Waals surface area (Å²) in [4.78, 5) is 35.1. The molecule has 0 bridgehead atoms. The maximum Gasteiger partial charge on any atom is 0.407 e. The second-order valence-corrected chi connectivity index (χ2v) is 11.2. The quantitative estimate of drug-likeness (QED) is 0.394. The fraction of sp³-hybridized carbons (Fsp3) is 0.467. The number of hydrogen-bond donors (Lipinski definition) is 1. The third kappa shape index (κ3) is 5.58. The molecule has 5 rings (SSSR count). The van der Waals surface area contributed by atoms with Crippen molar-refractivity contribution >= 4 is 22.8 Å².